The molecule has 0 aliphatic heterocycles. The summed E-state index contributed by atoms with van der Waals surface area (Å²) in [6.07, 6.45) is 1.63. The van der Waals surface area contributed by atoms with Gasteiger partial charge in [0.1, 0.15) is 0 Å². The molecular formula is C12H15N3O. The molecule has 0 unspecified atom stereocenters. The minimum absolute atomic E-state index is 0.102. The fourth-order valence-electron chi connectivity index (χ4n) is 1.51. The maximum Gasteiger partial charge on any atom is 0.176 e. The molecule has 4 nitrogen and oxygen atoms in total. The summed E-state index contributed by atoms with van der Waals surface area (Å²) in [7, 11) is 0. The number of Topliss-reactive ketones (excluding diaryl/α,β-unsaturated/α-hetero) is 1. The third-order valence-electron chi connectivity index (χ3n) is 2.41. The largest absolute Gasteiger partial charge is 0.345 e. The van der Waals surface area contributed by atoms with E-state index in [1.165, 1.54) is 0 Å². The molecule has 0 bridgehead atoms. The molecule has 0 aliphatic rings. The molecule has 1 heterocycles. The number of hydrogen-bond donors (Lipinski definition) is 2. The number of nitrogens with zero attached hydrogens (tertiary/aromatic N) is 1. The van der Waals surface area contributed by atoms with Crippen LogP contribution in [-0.2, 0) is 0 Å². The van der Waals surface area contributed by atoms with E-state index >= 15 is 0 Å². The lowest BCUT2D eigenvalue weighted by atomic mass is 10.1. The van der Waals surface area contributed by atoms with E-state index in [1.54, 1.807) is 6.33 Å². The maximum absolute atomic E-state index is 11.8. The van der Waals surface area contributed by atoms with Gasteiger partial charge in [0, 0.05) is 11.6 Å². The Labute approximate surface area is 94.1 Å². The lowest BCUT2D eigenvalue weighted by Gasteiger charge is -2.06. The summed E-state index contributed by atoms with van der Waals surface area (Å²) in [5.74, 6) is 0.102. The molecule has 0 radical (unpaired) electrons. The molecule has 1 aromatic heterocycles. The Balaban J connectivity index is 2.16. The van der Waals surface area contributed by atoms with Crippen molar-refractivity contribution in [3.05, 3.63) is 30.1 Å². The highest BCUT2D eigenvalue weighted by Gasteiger charge is 2.07. The normalized spacial score (nSPS) is 11.2. The molecule has 0 fully saturated rings. The summed E-state index contributed by atoms with van der Waals surface area (Å²) in [6.45, 7) is 4.41. The number of ketones is 1. The molecule has 0 saturated carbocycles. The second kappa shape index (κ2) is 4.45. The van der Waals surface area contributed by atoms with Crippen LogP contribution in [-0.4, -0.2) is 28.3 Å². The maximum atomic E-state index is 11.8. The van der Waals surface area contributed by atoms with Crippen molar-refractivity contribution in [2.24, 2.45) is 0 Å². The molecule has 2 N–H and O–H groups in total. The first-order valence-electron chi connectivity index (χ1n) is 5.36. The number of hydrogen-bond acceptors (Lipinski definition) is 3. The third-order valence-corrected chi connectivity index (χ3v) is 2.41. The molecule has 16 heavy (non-hydrogen) atoms. The topological polar surface area (TPSA) is 57.8 Å². The molecule has 0 atom stereocenters. The highest BCUT2D eigenvalue weighted by molar-refractivity contribution is 6.00. The van der Waals surface area contributed by atoms with Gasteiger partial charge >= 0.3 is 0 Å². The Morgan fingerprint density at radius 3 is 3.06 bits per heavy atom. The first-order chi connectivity index (χ1) is 7.66. The minimum atomic E-state index is 0.102. The van der Waals surface area contributed by atoms with Gasteiger partial charge in [-0.3, -0.25) is 4.79 Å². The highest BCUT2D eigenvalue weighted by Crippen LogP contribution is 2.11. The van der Waals surface area contributed by atoms with Gasteiger partial charge < -0.3 is 10.3 Å². The SMILES string of the molecule is CC(C)NCC(=O)c1ccc2nc[nH]c2c1. The molecule has 0 spiro atoms. The average molecular weight is 217 g/mol. The predicted octanol–water partition coefficient (Wildman–Crippen LogP) is 1.74. The zero-order valence-electron chi connectivity index (χ0n) is 9.45. The summed E-state index contributed by atoms with van der Waals surface area (Å²) in [5.41, 5.74) is 2.49. The van der Waals surface area contributed by atoms with Crippen LogP contribution in [0.15, 0.2) is 24.5 Å². The molecule has 2 rings (SSSR count). The van der Waals surface area contributed by atoms with Gasteiger partial charge in [-0.2, -0.15) is 0 Å². The monoisotopic (exact) mass is 217 g/mol. The number of imidazole rings is 1. The summed E-state index contributed by atoms with van der Waals surface area (Å²) in [4.78, 5) is 18.9. The van der Waals surface area contributed by atoms with Crippen LogP contribution in [0.3, 0.4) is 0 Å². The van der Waals surface area contributed by atoms with E-state index in [-0.39, 0.29) is 5.78 Å². The van der Waals surface area contributed by atoms with E-state index in [9.17, 15) is 4.79 Å². The van der Waals surface area contributed by atoms with Crippen molar-refractivity contribution < 1.29 is 4.79 Å². The number of carbonyl (C=O) groups excluding carboxylic acids is 1. The van der Waals surface area contributed by atoms with Crippen LogP contribution in [0.25, 0.3) is 11.0 Å². The molecular weight excluding hydrogens is 202 g/mol. The van der Waals surface area contributed by atoms with E-state index in [0.717, 1.165) is 11.0 Å². The number of fused-ring (bicyclic) bond motifs is 1. The van der Waals surface area contributed by atoms with Gasteiger partial charge in [-0.1, -0.05) is 13.8 Å². The summed E-state index contributed by atoms with van der Waals surface area (Å²) >= 11 is 0. The zero-order chi connectivity index (χ0) is 11.5. The second-order valence-electron chi connectivity index (χ2n) is 4.09. The smallest absolute Gasteiger partial charge is 0.176 e. The first kappa shape index (κ1) is 10.8. The fraction of sp³-hybridized carbons (Fsp3) is 0.333. The Kier molecular flexibility index (Phi) is 3.01. The van der Waals surface area contributed by atoms with Crippen LogP contribution in [0, 0.1) is 0 Å². The van der Waals surface area contributed by atoms with E-state index in [0.29, 0.717) is 18.2 Å². The van der Waals surface area contributed by atoms with Crippen LogP contribution in [0.5, 0.6) is 0 Å². The molecule has 0 saturated heterocycles. The van der Waals surface area contributed by atoms with E-state index in [4.69, 9.17) is 0 Å². The highest BCUT2D eigenvalue weighted by atomic mass is 16.1. The Bertz CT molecular complexity index is 502. The van der Waals surface area contributed by atoms with Crippen molar-refractivity contribution in [3.63, 3.8) is 0 Å². The van der Waals surface area contributed by atoms with Crippen molar-refractivity contribution in [2.45, 2.75) is 19.9 Å². The summed E-state index contributed by atoms with van der Waals surface area (Å²) < 4.78 is 0. The Morgan fingerprint density at radius 2 is 2.31 bits per heavy atom. The van der Waals surface area contributed by atoms with Crippen LogP contribution < -0.4 is 5.32 Å². The molecule has 0 amide bonds. The standard InChI is InChI=1S/C12H15N3O/c1-8(2)13-6-12(16)9-3-4-10-11(5-9)15-7-14-10/h3-5,7-8,13H,6H2,1-2H3,(H,14,15). The number of H-pyrrole nitrogens is 1. The molecule has 2 aromatic rings. The Hall–Kier alpha value is -1.68. The lowest BCUT2D eigenvalue weighted by molar-refractivity contribution is 0.0988. The van der Waals surface area contributed by atoms with Crippen molar-refractivity contribution in [3.8, 4) is 0 Å². The van der Waals surface area contributed by atoms with Gasteiger partial charge in [0.25, 0.3) is 0 Å². The van der Waals surface area contributed by atoms with Crippen LogP contribution in [0.1, 0.15) is 24.2 Å². The number of aromatic amines is 1. The fourth-order valence-corrected chi connectivity index (χ4v) is 1.51. The zero-order valence-corrected chi connectivity index (χ0v) is 9.45. The number of nitrogens with one attached hydrogen (secondary N) is 2. The van der Waals surface area contributed by atoms with Crippen molar-refractivity contribution in [1.82, 2.24) is 15.3 Å². The molecule has 0 aliphatic carbocycles. The summed E-state index contributed by atoms with van der Waals surface area (Å²) in [6, 6.07) is 5.83. The first-order valence-corrected chi connectivity index (χ1v) is 5.36. The number of carbonyl (C=O) groups is 1. The molecule has 84 valence electrons. The summed E-state index contributed by atoms with van der Waals surface area (Å²) in [5, 5.41) is 3.11. The third kappa shape index (κ3) is 2.28. The van der Waals surface area contributed by atoms with Gasteiger partial charge in [0.2, 0.25) is 0 Å². The predicted molar refractivity (Wildman–Crippen MR) is 63.6 cm³/mol. The van der Waals surface area contributed by atoms with Gasteiger partial charge in [-0.15, -0.1) is 0 Å². The van der Waals surface area contributed by atoms with Gasteiger partial charge in [-0.25, -0.2) is 4.98 Å². The van der Waals surface area contributed by atoms with Gasteiger partial charge in [0.05, 0.1) is 23.9 Å². The van der Waals surface area contributed by atoms with E-state index < -0.39 is 0 Å². The van der Waals surface area contributed by atoms with Gasteiger partial charge in [0.15, 0.2) is 5.78 Å². The number of aromatic nitrogens is 2. The van der Waals surface area contributed by atoms with Crippen LogP contribution in [0.4, 0.5) is 0 Å². The minimum Gasteiger partial charge on any atom is -0.345 e. The van der Waals surface area contributed by atoms with Crippen LogP contribution in [0.2, 0.25) is 0 Å². The van der Waals surface area contributed by atoms with Crippen molar-refractivity contribution in [1.29, 1.82) is 0 Å². The van der Waals surface area contributed by atoms with Crippen molar-refractivity contribution >= 4 is 16.8 Å². The van der Waals surface area contributed by atoms with Gasteiger partial charge in [-0.05, 0) is 18.2 Å². The van der Waals surface area contributed by atoms with Crippen LogP contribution >= 0.6 is 0 Å². The molecule has 1 aromatic carbocycles. The average Bonchev–Trinajstić information content (AvgIpc) is 2.72. The quantitative estimate of drug-likeness (QED) is 0.767. The number of benzene rings is 1. The number of rotatable bonds is 4. The van der Waals surface area contributed by atoms with E-state index in [1.807, 2.05) is 32.0 Å². The lowest BCUT2D eigenvalue weighted by Crippen LogP contribution is -2.29. The second-order valence-corrected chi connectivity index (χ2v) is 4.09. The molecule has 4 heteroatoms. The Morgan fingerprint density at radius 1 is 1.50 bits per heavy atom. The van der Waals surface area contributed by atoms with Crippen molar-refractivity contribution in [2.75, 3.05) is 6.54 Å². The van der Waals surface area contributed by atoms with E-state index in [2.05, 4.69) is 15.3 Å².